The molecule has 0 radical (unpaired) electrons. The van der Waals surface area contributed by atoms with Gasteiger partial charge in [0, 0.05) is 35.1 Å². The van der Waals surface area contributed by atoms with Crippen molar-refractivity contribution in [2.45, 2.75) is 12.3 Å². The predicted octanol–water partition coefficient (Wildman–Crippen LogP) is 5.22. The second kappa shape index (κ2) is 10.1. The average molecular weight is 417 g/mol. The fourth-order valence-electron chi connectivity index (χ4n) is 2.38. The molecule has 1 N–H and O–H groups in total. The van der Waals surface area contributed by atoms with E-state index in [-0.39, 0.29) is 18.3 Å². The number of halogens is 2. The highest BCUT2D eigenvalue weighted by atomic mass is 35.5. The van der Waals surface area contributed by atoms with E-state index in [0.717, 1.165) is 11.3 Å². The van der Waals surface area contributed by atoms with Gasteiger partial charge in [-0.25, -0.2) is 9.37 Å². The van der Waals surface area contributed by atoms with Crippen LogP contribution >= 0.6 is 23.4 Å². The molecule has 1 amide bonds. The van der Waals surface area contributed by atoms with Crippen molar-refractivity contribution in [2.75, 3.05) is 5.75 Å². The number of carbonyl (C=O) groups excluding carboxylic acids is 1. The molecule has 3 rings (SSSR count). The van der Waals surface area contributed by atoms with Crippen LogP contribution in [0.4, 0.5) is 4.39 Å². The molecule has 1 heterocycles. The summed E-state index contributed by atoms with van der Waals surface area (Å²) in [7, 11) is 0. The number of hydrogen-bond donors (Lipinski definition) is 1. The number of benzene rings is 2. The fourth-order valence-corrected chi connectivity index (χ4v) is 3.32. The summed E-state index contributed by atoms with van der Waals surface area (Å²) in [5, 5.41) is 3.55. The van der Waals surface area contributed by atoms with Crippen molar-refractivity contribution < 1.29 is 13.9 Å². The van der Waals surface area contributed by atoms with Crippen molar-refractivity contribution in [3.05, 3.63) is 88.8 Å². The summed E-state index contributed by atoms with van der Waals surface area (Å²) in [6.07, 6.45) is 1.59. The van der Waals surface area contributed by atoms with E-state index in [2.05, 4.69) is 10.3 Å². The number of aromatic nitrogens is 1. The number of amides is 1. The number of carbonyl (C=O) groups is 1. The van der Waals surface area contributed by atoms with Crippen molar-refractivity contribution in [1.29, 1.82) is 0 Å². The second-order valence-corrected chi connectivity index (χ2v) is 7.35. The first kappa shape index (κ1) is 20.2. The van der Waals surface area contributed by atoms with E-state index in [0.29, 0.717) is 28.0 Å². The Bertz CT molecular complexity index is 938. The molecule has 1 aromatic heterocycles. The number of thioether (sulfide) groups is 1. The number of nitrogens with zero attached hydrogens (tertiary/aromatic N) is 1. The molecule has 0 unspecified atom stereocenters. The highest BCUT2D eigenvalue weighted by molar-refractivity contribution is 7.99. The summed E-state index contributed by atoms with van der Waals surface area (Å²) >= 11 is 7.38. The molecule has 0 aliphatic carbocycles. The first-order valence-electron chi connectivity index (χ1n) is 8.56. The van der Waals surface area contributed by atoms with Crippen LogP contribution in [0.2, 0.25) is 5.02 Å². The molecule has 144 valence electrons. The van der Waals surface area contributed by atoms with Crippen LogP contribution in [0.15, 0.2) is 66.9 Å². The largest absolute Gasteiger partial charge is 0.439 e. The van der Waals surface area contributed by atoms with Crippen LogP contribution < -0.4 is 10.1 Å². The topological polar surface area (TPSA) is 51.2 Å². The number of rotatable bonds is 8. The zero-order valence-corrected chi connectivity index (χ0v) is 16.5. The van der Waals surface area contributed by atoms with Gasteiger partial charge in [0.15, 0.2) is 0 Å². The summed E-state index contributed by atoms with van der Waals surface area (Å²) in [6, 6.07) is 17.0. The SMILES string of the molecule is O=C(CSCc1ccc(Cl)cc1)NCc1cccnc1Oc1cccc(F)c1. The lowest BCUT2D eigenvalue weighted by molar-refractivity contribution is -0.118. The Morgan fingerprint density at radius 2 is 1.96 bits per heavy atom. The minimum atomic E-state index is -0.388. The summed E-state index contributed by atoms with van der Waals surface area (Å²) < 4.78 is 19.0. The number of pyridine rings is 1. The van der Waals surface area contributed by atoms with E-state index in [1.54, 1.807) is 24.4 Å². The van der Waals surface area contributed by atoms with Gasteiger partial charge >= 0.3 is 0 Å². The summed E-state index contributed by atoms with van der Waals surface area (Å²) in [4.78, 5) is 16.3. The third kappa shape index (κ3) is 6.25. The Kier molecular flexibility index (Phi) is 7.28. The van der Waals surface area contributed by atoms with Gasteiger partial charge in [0.25, 0.3) is 0 Å². The van der Waals surface area contributed by atoms with E-state index >= 15 is 0 Å². The van der Waals surface area contributed by atoms with Gasteiger partial charge in [0.1, 0.15) is 11.6 Å². The zero-order valence-electron chi connectivity index (χ0n) is 14.9. The van der Waals surface area contributed by atoms with Crippen molar-refractivity contribution in [3.8, 4) is 11.6 Å². The molecule has 0 aliphatic rings. The first-order chi connectivity index (χ1) is 13.6. The quantitative estimate of drug-likeness (QED) is 0.547. The minimum Gasteiger partial charge on any atom is -0.439 e. The van der Waals surface area contributed by atoms with Gasteiger partial charge in [-0.1, -0.05) is 35.9 Å². The zero-order chi connectivity index (χ0) is 19.8. The molecule has 0 atom stereocenters. The lowest BCUT2D eigenvalue weighted by atomic mass is 10.2. The summed E-state index contributed by atoms with van der Waals surface area (Å²) in [6.45, 7) is 0.277. The van der Waals surface area contributed by atoms with Crippen molar-refractivity contribution in [1.82, 2.24) is 10.3 Å². The van der Waals surface area contributed by atoms with Crippen LogP contribution in [0.5, 0.6) is 11.6 Å². The Hall–Kier alpha value is -2.57. The highest BCUT2D eigenvalue weighted by Gasteiger charge is 2.09. The van der Waals surface area contributed by atoms with Crippen molar-refractivity contribution in [3.63, 3.8) is 0 Å². The Balaban J connectivity index is 1.50. The molecule has 2 aromatic carbocycles. The molecule has 0 spiro atoms. The van der Waals surface area contributed by atoms with E-state index in [4.69, 9.17) is 16.3 Å². The maximum Gasteiger partial charge on any atom is 0.230 e. The van der Waals surface area contributed by atoms with Crippen LogP contribution in [-0.2, 0) is 17.1 Å². The molecule has 4 nitrogen and oxygen atoms in total. The monoisotopic (exact) mass is 416 g/mol. The third-order valence-electron chi connectivity index (χ3n) is 3.75. The number of ether oxygens (including phenoxy) is 1. The molecule has 0 aliphatic heterocycles. The normalized spacial score (nSPS) is 10.5. The van der Waals surface area contributed by atoms with Gasteiger partial charge in [-0.3, -0.25) is 4.79 Å². The highest BCUT2D eigenvalue weighted by Crippen LogP contribution is 2.23. The number of nitrogens with one attached hydrogen (secondary N) is 1. The molecule has 0 fully saturated rings. The minimum absolute atomic E-state index is 0.0838. The maximum absolute atomic E-state index is 13.3. The van der Waals surface area contributed by atoms with Crippen molar-refractivity contribution >= 4 is 29.3 Å². The number of hydrogen-bond acceptors (Lipinski definition) is 4. The van der Waals surface area contributed by atoms with E-state index in [9.17, 15) is 9.18 Å². The molecule has 0 saturated heterocycles. The van der Waals surface area contributed by atoms with Gasteiger partial charge in [-0.05, 0) is 35.9 Å². The lowest BCUT2D eigenvalue weighted by Gasteiger charge is -2.11. The Morgan fingerprint density at radius 3 is 2.75 bits per heavy atom. The average Bonchev–Trinajstić information content (AvgIpc) is 2.69. The standard InChI is InChI=1S/C21H18ClFN2O2S/c22-17-8-6-15(7-9-17)13-28-14-20(26)25-12-16-3-2-10-24-21(16)27-19-5-1-4-18(23)11-19/h1-11H,12-14H2,(H,25,26). The molecular formula is C21H18ClFN2O2S. The van der Waals surface area contributed by atoms with E-state index < -0.39 is 0 Å². The molecule has 0 bridgehead atoms. The van der Waals surface area contributed by atoms with Crippen LogP contribution in [0, 0.1) is 5.82 Å². The summed E-state index contributed by atoms with van der Waals surface area (Å²) in [5.74, 6) is 1.28. The molecule has 3 aromatic rings. The fraction of sp³-hybridized carbons (Fsp3) is 0.143. The maximum atomic E-state index is 13.3. The van der Waals surface area contributed by atoms with Gasteiger partial charge < -0.3 is 10.1 Å². The molecule has 28 heavy (non-hydrogen) atoms. The smallest absolute Gasteiger partial charge is 0.230 e. The van der Waals surface area contributed by atoms with Gasteiger partial charge in [-0.2, -0.15) is 0 Å². The molecular weight excluding hydrogens is 399 g/mol. The Labute approximate surface area is 172 Å². The van der Waals surface area contributed by atoms with E-state index in [1.165, 1.54) is 23.9 Å². The van der Waals surface area contributed by atoms with Crippen LogP contribution in [0.3, 0.4) is 0 Å². The Morgan fingerprint density at radius 1 is 1.14 bits per heavy atom. The van der Waals surface area contributed by atoms with Gasteiger partial charge in [0.2, 0.25) is 11.8 Å². The van der Waals surface area contributed by atoms with E-state index in [1.807, 2.05) is 30.3 Å². The summed E-state index contributed by atoms with van der Waals surface area (Å²) in [5.41, 5.74) is 1.82. The first-order valence-corrected chi connectivity index (χ1v) is 10.1. The van der Waals surface area contributed by atoms with Crippen molar-refractivity contribution in [2.24, 2.45) is 0 Å². The predicted molar refractivity (Wildman–Crippen MR) is 110 cm³/mol. The molecule has 7 heteroatoms. The lowest BCUT2D eigenvalue weighted by Crippen LogP contribution is -2.25. The molecule has 0 saturated carbocycles. The van der Waals surface area contributed by atoms with Crippen LogP contribution in [0.25, 0.3) is 0 Å². The third-order valence-corrected chi connectivity index (χ3v) is 5.01. The van der Waals surface area contributed by atoms with Crippen LogP contribution in [0.1, 0.15) is 11.1 Å². The van der Waals surface area contributed by atoms with Gasteiger partial charge in [-0.15, -0.1) is 11.8 Å². The van der Waals surface area contributed by atoms with Crippen LogP contribution in [-0.4, -0.2) is 16.6 Å². The second-order valence-electron chi connectivity index (χ2n) is 5.92. The van der Waals surface area contributed by atoms with Gasteiger partial charge in [0.05, 0.1) is 5.75 Å².